The largest absolute Gasteiger partial charge is 0.427 e. The molecule has 2 aliphatic rings. The molecular weight excluding hydrogens is 450 g/mol. The first-order chi connectivity index (χ1) is 16.6. The van der Waals surface area contributed by atoms with Crippen LogP contribution in [0.2, 0.25) is 0 Å². The van der Waals surface area contributed by atoms with Crippen LogP contribution in [-0.4, -0.2) is 26.8 Å². The van der Waals surface area contributed by atoms with Gasteiger partial charge >= 0.3 is 11.7 Å². The molecule has 0 unspecified atom stereocenters. The van der Waals surface area contributed by atoms with Crippen molar-refractivity contribution >= 4 is 29.2 Å². The van der Waals surface area contributed by atoms with Gasteiger partial charge in [0.1, 0.15) is 11.6 Å². The van der Waals surface area contributed by atoms with E-state index in [4.69, 9.17) is 4.74 Å². The second kappa shape index (κ2) is 7.76. The van der Waals surface area contributed by atoms with Gasteiger partial charge in [-0.3, -0.25) is 33.2 Å². The summed E-state index contributed by atoms with van der Waals surface area (Å²) < 4.78 is 7.45. The number of aromatic nitrogens is 2. The van der Waals surface area contributed by atoms with Crippen LogP contribution < -0.4 is 20.9 Å². The van der Waals surface area contributed by atoms with Gasteiger partial charge in [-0.15, -0.1) is 0 Å². The van der Waals surface area contributed by atoms with E-state index >= 15 is 0 Å². The number of hydrogen-bond donors (Lipinski definition) is 0. The molecule has 176 valence electrons. The Kier molecular flexibility index (Phi) is 4.94. The fourth-order valence-electron chi connectivity index (χ4n) is 4.99. The van der Waals surface area contributed by atoms with Gasteiger partial charge in [0.25, 0.3) is 5.56 Å². The van der Waals surface area contributed by atoms with Crippen molar-refractivity contribution in [3.05, 3.63) is 97.2 Å². The molecule has 0 N–H and O–H groups in total. The molecule has 1 aromatic heterocycles. The monoisotopic (exact) mass is 471 g/mol. The number of allylic oxidation sites excluding steroid dienone is 1. The average molecular weight is 471 g/mol. The van der Waals surface area contributed by atoms with Crippen molar-refractivity contribution in [2.75, 3.05) is 4.90 Å². The summed E-state index contributed by atoms with van der Waals surface area (Å²) in [6, 6.07) is 13.5. The fourth-order valence-corrected chi connectivity index (χ4v) is 4.99. The minimum Gasteiger partial charge on any atom is -0.427 e. The Morgan fingerprint density at radius 2 is 1.57 bits per heavy atom. The van der Waals surface area contributed by atoms with Crippen molar-refractivity contribution in [3.63, 3.8) is 0 Å². The number of Topliss-reactive ketones (excluding diaryl/α,β-unsaturated/α-hetero) is 1. The highest BCUT2D eigenvalue weighted by molar-refractivity contribution is 6.27. The molecule has 9 nitrogen and oxygen atoms in total. The molecule has 2 aromatic carbocycles. The Balaban J connectivity index is 1.93. The fraction of sp³-hybridized carbons (Fsp3) is 0.192. The number of hydrogen-bond acceptors (Lipinski definition) is 6. The molecule has 0 radical (unpaired) electrons. The zero-order valence-electron chi connectivity index (χ0n) is 19.5. The molecule has 1 atom stereocenters. The number of ketones is 1. The van der Waals surface area contributed by atoms with Gasteiger partial charge in [-0.2, -0.15) is 0 Å². The van der Waals surface area contributed by atoms with E-state index in [0.29, 0.717) is 22.4 Å². The lowest BCUT2D eigenvalue weighted by Gasteiger charge is -2.36. The number of amides is 1. The smallest absolute Gasteiger partial charge is 0.332 e. The first kappa shape index (κ1) is 22.3. The maximum absolute atomic E-state index is 13.7. The molecule has 3 aromatic rings. The summed E-state index contributed by atoms with van der Waals surface area (Å²) in [5, 5.41) is 0. The van der Waals surface area contributed by atoms with Crippen LogP contribution in [-0.2, 0) is 23.7 Å². The Morgan fingerprint density at radius 1 is 0.886 bits per heavy atom. The van der Waals surface area contributed by atoms with Crippen LogP contribution in [0.3, 0.4) is 0 Å². The van der Waals surface area contributed by atoms with Crippen LogP contribution >= 0.6 is 0 Å². The summed E-state index contributed by atoms with van der Waals surface area (Å²) in [5.41, 5.74) is 0.951. The molecule has 1 aliphatic carbocycles. The van der Waals surface area contributed by atoms with Crippen molar-refractivity contribution in [3.8, 4) is 5.75 Å². The third-order valence-corrected chi connectivity index (χ3v) is 6.37. The van der Waals surface area contributed by atoms with Gasteiger partial charge in [-0.05, 0) is 17.7 Å². The summed E-state index contributed by atoms with van der Waals surface area (Å²) in [5.74, 6) is -1.83. The van der Waals surface area contributed by atoms with E-state index in [9.17, 15) is 24.0 Å². The Morgan fingerprint density at radius 3 is 2.23 bits per heavy atom. The predicted molar refractivity (Wildman–Crippen MR) is 127 cm³/mol. The minimum atomic E-state index is -0.906. The third-order valence-electron chi connectivity index (χ3n) is 6.37. The molecule has 0 saturated heterocycles. The van der Waals surface area contributed by atoms with Gasteiger partial charge in [-0.25, -0.2) is 4.79 Å². The molecule has 0 fully saturated rings. The number of carbonyl (C=O) groups is 3. The maximum Gasteiger partial charge on any atom is 0.332 e. The SMILES string of the molecule is CC(=O)Oc1cccc([C@H]2C3=C(c4ccccc4C3=O)N(C(C)=O)c3c2c(=O)n(C)c(=O)n3C)c1. The summed E-state index contributed by atoms with van der Waals surface area (Å²) >= 11 is 0. The number of esters is 1. The molecule has 5 rings (SSSR count). The Labute approximate surface area is 199 Å². The van der Waals surface area contributed by atoms with E-state index < -0.39 is 29.0 Å². The van der Waals surface area contributed by atoms with Crippen molar-refractivity contribution in [1.29, 1.82) is 0 Å². The van der Waals surface area contributed by atoms with Gasteiger partial charge < -0.3 is 4.74 Å². The Bertz CT molecular complexity index is 1620. The van der Waals surface area contributed by atoms with E-state index in [2.05, 4.69) is 0 Å². The van der Waals surface area contributed by atoms with Crippen LogP contribution in [0.15, 0.2) is 63.7 Å². The summed E-state index contributed by atoms with van der Waals surface area (Å²) in [4.78, 5) is 66.0. The van der Waals surface area contributed by atoms with Gasteiger partial charge in [-0.1, -0.05) is 36.4 Å². The number of carbonyl (C=O) groups excluding carboxylic acids is 3. The summed E-state index contributed by atoms with van der Waals surface area (Å²) in [7, 11) is 2.83. The van der Waals surface area contributed by atoms with Crippen LogP contribution in [0.5, 0.6) is 5.75 Å². The van der Waals surface area contributed by atoms with E-state index in [1.807, 2.05) is 0 Å². The first-order valence-corrected chi connectivity index (χ1v) is 10.9. The number of benzene rings is 2. The van der Waals surface area contributed by atoms with Gasteiger partial charge in [0, 0.05) is 50.6 Å². The van der Waals surface area contributed by atoms with E-state index in [0.717, 1.165) is 4.57 Å². The highest BCUT2D eigenvalue weighted by atomic mass is 16.5. The highest BCUT2D eigenvalue weighted by Crippen LogP contribution is 2.51. The molecule has 9 heteroatoms. The Hall–Kier alpha value is -4.53. The summed E-state index contributed by atoms with van der Waals surface area (Å²) in [6.07, 6.45) is 0. The topological polar surface area (TPSA) is 108 Å². The van der Waals surface area contributed by atoms with Gasteiger partial charge in [0.2, 0.25) is 5.91 Å². The van der Waals surface area contributed by atoms with Crippen molar-refractivity contribution in [2.45, 2.75) is 19.8 Å². The molecule has 0 bridgehead atoms. The standard InChI is InChI=1S/C26H21N3O6/c1-13(30)29-22-17-10-5-6-11-18(17)23(32)20(22)19(15-8-7-9-16(12-15)35-14(2)31)21-24(29)27(3)26(34)28(4)25(21)33/h5-12,19H,1-4H3/t19-/m0/s1. The quantitative estimate of drug-likeness (QED) is 0.419. The zero-order chi connectivity index (χ0) is 25.2. The van der Waals surface area contributed by atoms with Crippen LogP contribution in [0.25, 0.3) is 5.70 Å². The summed E-state index contributed by atoms with van der Waals surface area (Å²) in [6.45, 7) is 2.60. The lowest BCUT2D eigenvalue weighted by molar-refractivity contribution is -0.131. The molecule has 0 saturated carbocycles. The van der Waals surface area contributed by atoms with Crippen LogP contribution in [0.1, 0.15) is 46.8 Å². The third kappa shape index (κ3) is 3.12. The number of anilines is 1. The number of ether oxygens (including phenoxy) is 1. The highest BCUT2D eigenvalue weighted by Gasteiger charge is 2.47. The first-order valence-electron chi connectivity index (χ1n) is 10.9. The van der Waals surface area contributed by atoms with Crippen molar-refractivity contribution in [2.24, 2.45) is 14.1 Å². The van der Waals surface area contributed by atoms with E-state index in [-0.39, 0.29) is 28.5 Å². The molecular formula is C26H21N3O6. The average Bonchev–Trinajstić information content (AvgIpc) is 3.12. The van der Waals surface area contributed by atoms with Crippen molar-refractivity contribution < 1.29 is 19.1 Å². The maximum atomic E-state index is 13.7. The molecule has 0 spiro atoms. The molecule has 35 heavy (non-hydrogen) atoms. The normalized spacial score (nSPS) is 16.1. The van der Waals surface area contributed by atoms with E-state index in [1.165, 1.54) is 37.4 Å². The molecule has 1 aliphatic heterocycles. The van der Waals surface area contributed by atoms with E-state index in [1.54, 1.807) is 48.5 Å². The van der Waals surface area contributed by atoms with Gasteiger partial charge in [0.05, 0.1) is 11.3 Å². The number of nitrogens with zero attached hydrogens (tertiary/aromatic N) is 3. The number of rotatable bonds is 2. The van der Waals surface area contributed by atoms with Gasteiger partial charge in [0.15, 0.2) is 5.78 Å². The lowest BCUT2D eigenvalue weighted by Crippen LogP contribution is -2.46. The minimum absolute atomic E-state index is 0.108. The van der Waals surface area contributed by atoms with Crippen LogP contribution in [0, 0.1) is 0 Å². The van der Waals surface area contributed by atoms with Crippen molar-refractivity contribution in [1.82, 2.24) is 9.13 Å². The molecule has 2 heterocycles. The second-order valence-electron chi connectivity index (χ2n) is 8.53. The lowest BCUT2D eigenvalue weighted by atomic mass is 9.81. The second-order valence-corrected chi connectivity index (χ2v) is 8.53. The predicted octanol–water partition coefficient (Wildman–Crippen LogP) is 2.12. The zero-order valence-corrected chi connectivity index (χ0v) is 19.5. The molecule has 1 amide bonds. The number of fused-ring (bicyclic) bond motifs is 3. The van der Waals surface area contributed by atoms with Crippen LogP contribution in [0.4, 0.5) is 5.82 Å².